The monoisotopic (exact) mass is 450 g/mol. The van der Waals surface area contributed by atoms with Crippen LogP contribution in [0.5, 0.6) is 0 Å². The Balaban J connectivity index is 1.41. The van der Waals surface area contributed by atoms with Crippen molar-refractivity contribution >= 4 is 22.6 Å². The molecule has 5 rings (SSSR count). The van der Waals surface area contributed by atoms with Crippen LogP contribution >= 0.6 is 0 Å². The number of benzene rings is 1. The molecule has 1 amide bonds. The fourth-order valence-electron chi connectivity index (χ4n) is 3.79. The molecule has 0 bridgehead atoms. The second-order valence-electron chi connectivity index (χ2n) is 7.74. The minimum absolute atomic E-state index is 0.0785. The van der Waals surface area contributed by atoms with Crippen LogP contribution in [0, 0.1) is 11.6 Å². The fraction of sp³-hybridized carbons (Fsp3) is 0.217. The molecule has 3 aromatic heterocycles. The zero-order valence-electron chi connectivity index (χ0n) is 17.5. The fourth-order valence-corrected chi connectivity index (χ4v) is 3.79. The molecule has 1 fully saturated rings. The van der Waals surface area contributed by atoms with Crippen molar-refractivity contribution in [1.29, 1.82) is 0 Å². The van der Waals surface area contributed by atoms with E-state index in [4.69, 9.17) is 4.74 Å². The van der Waals surface area contributed by atoms with Crippen LogP contribution in [0.4, 0.5) is 14.6 Å². The summed E-state index contributed by atoms with van der Waals surface area (Å²) in [6, 6.07) is 8.29. The van der Waals surface area contributed by atoms with Gasteiger partial charge in [-0.3, -0.25) is 19.8 Å². The summed E-state index contributed by atoms with van der Waals surface area (Å²) in [7, 11) is 0. The van der Waals surface area contributed by atoms with Crippen LogP contribution in [-0.2, 0) is 11.3 Å². The second kappa shape index (κ2) is 9.00. The number of nitrogens with one attached hydrogen (secondary N) is 2. The molecule has 4 heterocycles. The molecule has 4 aromatic rings. The van der Waals surface area contributed by atoms with Gasteiger partial charge in [0.25, 0.3) is 5.91 Å². The largest absolute Gasteiger partial charge is 0.379 e. The molecule has 0 radical (unpaired) electrons. The molecule has 1 saturated heterocycles. The van der Waals surface area contributed by atoms with Gasteiger partial charge < -0.3 is 10.1 Å². The number of fused-ring (bicyclic) bond motifs is 1. The molecule has 1 aliphatic rings. The molecule has 33 heavy (non-hydrogen) atoms. The molecule has 2 N–H and O–H groups in total. The highest BCUT2D eigenvalue weighted by molar-refractivity contribution is 6.11. The highest BCUT2D eigenvalue weighted by Gasteiger charge is 2.18. The quantitative estimate of drug-likeness (QED) is 0.484. The van der Waals surface area contributed by atoms with Gasteiger partial charge in [0.1, 0.15) is 5.82 Å². The van der Waals surface area contributed by atoms with Crippen molar-refractivity contribution in [3.05, 3.63) is 71.8 Å². The average Bonchev–Trinajstić information content (AvgIpc) is 3.25. The van der Waals surface area contributed by atoms with Crippen molar-refractivity contribution < 1.29 is 18.3 Å². The van der Waals surface area contributed by atoms with Gasteiger partial charge in [0.05, 0.1) is 24.9 Å². The molecule has 0 atom stereocenters. The van der Waals surface area contributed by atoms with Gasteiger partial charge in [-0.2, -0.15) is 5.10 Å². The molecule has 1 aliphatic heterocycles. The maximum absolute atomic E-state index is 13.9. The van der Waals surface area contributed by atoms with Crippen LogP contribution < -0.4 is 5.32 Å². The Kier molecular flexibility index (Phi) is 5.76. The first-order valence-corrected chi connectivity index (χ1v) is 10.4. The molecular formula is C23H20F2N6O2. The van der Waals surface area contributed by atoms with E-state index in [-0.39, 0.29) is 11.5 Å². The van der Waals surface area contributed by atoms with E-state index in [1.807, 2.05) is 24.4 Å². The SMILES string of the molecule is O=C(Nc1ncc(F)cc1F)c1n[nH]c2ccc(-c3cncc(CN4CCOCC4)c3)cc12. The Hall–Kier alpha value is -3.76. The van der Waals surface area contributed by atoms with Gasteiger partial charge in [-0.1, -0.05) is 6.07 Å². The van der Waals surface area contributed by atoms with E-state index in [1.165, 1.54) is 0 Å². The van der Waals surface area contributed by atoms with Crippen molar-refractivity contribution in [2.45, 2.75) is 6.54 Å². The Morgan fingerprint density at radius 1 is 1.09 bits per heavy atom. The molecule has 0 saturated carbocycles. The van der Waals surface area contributed by atoms with E-state index in [0.29, 0.717) is 17.0 Å². The number of rotatable bonds is 5. The number of nitrogens with zero attached hydrogens (tertiary/aromatic N) is 4. The second-order valence-corrected chi connectivity index (χ2v) is 7.74. The third kappa shape index (κ3) is 4.57. The summed E-state index contributed by atoms with van der Waals surface area (Å²) < 4.78 is 32.4. The van der Waals surface area contributed by atoms with Crippen molar-refractivity contribution in [2.24, 2.45) is 0 Å². The lowest BCUT2D eigenvalue weighted by Crippen LogP contribution is -2.35. The number of halogens is 2. The van der Waals surface area contributed by atoms with Crippen LogP contribution in [0.1, 0.15) is 16.1 Å². The summed E-state index contributed by atoms with van der Waals surface area (Å²) in [5.74, 6) is -2.82. The summed E-state index contributed by atoms with van der Waals surface area (Å²) >= 11 is 0. The lowest BCUT2D eigenvalue weighted by atomic mass is 10.0. The molecule has 1 aromatic carbocycles. The molecule has 0 spiro atoms. The van der Waals surface area contributed by atoms with Gasteiger partial charge in [-0.15, -0.1) is 0 Å². The first-order valence-electron chi connectivity index (χ1n) is 10.4. The summed E-state index contributed by atoms with van der Waals surface area (Å²) in [5.41, 5.74) is 3.57. The van der Waals surface area contributed by atoms with Gasteiger partial charge >= 0.3 is 0 Å². The summed E-state index contributed by atoms with van der Waals surface area (Å²) in [6.45, 7) is 4.00. The van der Waals surface area contributed by atoms with Gasteiger partial charge in [-0.25, -0.2) is 13.8 Å². The molecule has 0 aliphatic carbocycles. The van der Waals surface area contributed by atoms with Gasteiger partial charge in [0.15, 0.2) is 17.3 Å². The van der Waals surface area contributed by atoms with Gasteiger partial charge in [0, 0.05) is 49.0 Å². The zero-order valence-corrected chi connectivity index (χ0v) is 17.5. The number of aromatic amines is 1. The molecule has 0 unspecified atom stereocenters. The first-order chi connectivity index (χ1) is 16.1. The number of aromatic nitrogens is 4. The third-order valence-corrected chi connectivity index (χ3v) is 5.46. The van der Waals surface area contributed by atoms with Crippen LogP contribution in [0.15, 0.2) is 48.9 Å². The topological polar surface area (TPSA) is 96.0 Å². The Morgan fingerprint density at radius 2 is 1.94 bits per heavy atom. The summed E-state index contributed by atoms with van der Waals surface area (Å²) in [5, 5.41) is 9.78. The van der Waals surface area contributed by atoms with E-state index in [1.54, 1.807) is 6.20 Å². The number of carbonyl (C=O) groups excluding carboxylic acids is 1. The van der Waals surface area contributed by atoms with Crippen LogP contribution in [-0.4, -0.2) is 57.3 Å². The Bertz CT molecular complexity index is 1320. The highest BCUT2D eigenvalue weighted by atomic mass is 19.1. The number of pyridine rings is 2. The zero-order chi connectivity index (χ0) is 22.8. The number of morpholine rings is 1. The number of hydrogen-bond acceptors (Lipinski definition) is 6. The molecule has 10 heteroatoms. The van der Waals surface area contributed by atoms with Crippen molar-refractivity contribution in [3.8, 4) is 11.1 Å². The molecular weight excluding hydrogens is 430 g/mol. The number of H-pyrrole nitrogens is 1. The van der Waals surface area contributed by atoms with E-state index >= 15 is 0 Å². The maximum Gasteiger partial charge on any atom is 0.278 e. The lowest BCUT2D eigenvalue weighted by molar-refractivity contribution is 0.0341. The van der Waals surface area contributed by atoms with Crippen molar-refractivity contribution in [3.63, 3.8) is 0 Å². The smallest absolute Gasteiger partial charge is 0.278 e. The minimum Gasteiger partial charge on any atom is -0.379 e. The normalized spacial score (nSPS) is 14.5. The molecule has 168 valence electrons. The van der Waals surface area contributed by atoms with E-state index in [0.717, 1.165) is 55.7 Å². The lowest BCUT2D eigenvalue weighted by Gasteiger charge is -2.26. The number of hydrogen-bond donors (Lipinski definition) is 2. The first kappa shape index (κ1) is 21.1. The standard InChI is InChI=1S/C23H20F2N6O2/c24-17-9-19(25)22(27-12-17)28-23(32)21-18-8-15(1-2-20(18)29-30-21)16-7-14(10-26-11-16)13-31-3-5-33-6-4-31/h1-2,7-12H,3-6,13H2,(H,29,30)(H,27,28,32). The maximum atomic E-state index is 13.9. The Morgan fingerprint density at radius 3 is 2.76 bits per heavy atom. The summed E-state index contributed by atoms with van der Waals surface area (Å²) in [6.07, 6.45) is 4.44. The predicted molar refractivity (Wildman–Crippen MR) is 118 cm³/mol. The predicted octanol–water partition coefficient (Wildman–Crippen LogP) is 3.38. The van der Waals surface area contributed by atoms with Crippen molar-refractivity contribution in [2.75, 3.05) is 31.6 Å². The van der Waals surface area contributed by atoms with E-state index in [2.05, 4.69) is 36.4 Å². The number of ether oxygens (including phenoxy) is 1. The van der Waals surface area contributed by atoms with Crippen LogP contribution in [0.2, 0.25) is 0 Å². The van der Waals surface area contributed by atoms with E-state index in [9.17, 15) is 13.6 Å². The van der Waals surface area contributed by atoms with Crippen LogP contribution in [0.25, 0.3) is 22.0 Å². The summed E-state index contributed by atoms with van der Waals surface area (Å²) in [4.78, 5) is 23.0. The highest BCUT2D eigenvalue weighted by Crippen LogP contribution is 2.26. The number of anilines is 1. The number of carbonyl (C=O) groups is 1. The number of amides is 1. The third-order valence-electron chi connectivity index (χ3n) is 5.46. The van der Waals surface area contributed by atoms with Crippen molar-refractivity contribution in [1.82, 2.24) is 25.1 Å². The van der Waals surface area contributed by atoms with Gasteiger partial charge in [-0.05, 0) is 29.3 Å². The van der Waals surface area contributed by atoms with E-state index < -0.39 is 17.5 Å². The minimum atomic E-state index is -0.966. The van der Waals surface area contributed by atoms with Crippen LogP contribution in [0.3, 0.4) is 0 Å². The Labute approximate surface area is 187 Å². The van der Waals surface area contributed by atoms with Gasteiger partial charge in [0.2, 0.25) is 0 Å². The average molecular weight is 450 g/mol. The molecule has 8 nitrogen and oxygen atoms in total.